The van der Waals surface area contributed by atoms with Crippen molar-refractivity contribution in [2.24, 2.45) is 0 Å². The van der Waals surface area contributed by atoms with Gasteiger partial charge in [-0.05, 0) is 66.7 Å². The molecule has 0 fully saturated rings. The summed E-state index contributed by atoms with van der Waals surface area (Å²) < 4.78 is 6.72. The molecule has 0 saturated heterocycles. The average Bonchev–Trinajstić information content (AvgIpc) is 2.94. The van der Waals surface area contributed by atoms with Crippen LogP contribution in [-0.4, -0.2) is 17.7 Å². The largest absolute Gasteiger partial charge is 0.457 e. The minimum atomic E-state index is -0.418. The molecule has 3 aromatic rings. The molecule has 0 atom stereocenters. The van der Waals surface area contributed by atoms with Gasteiger partial charge in [-0.15, -0.1) is 0 Å². The lowest BCUT2D eigenvalue weighted by atomic mass is 10.1. The Bertz CT molecular complexity index is 1120. The zero-order valence-electron chi connectivity index (χ0n) is 15.3. The van der Waals surface area contributed by atoms with E-state index in [2.05, 4.69) is 21.2 Å². The van der Waals surface area contributed by atoms with Crippen LogP contribution in [0, 0.1) is 0 Å². The van der Waals surface area contributed by atoms with Crippen LogP contribution in [-0.2, 0) is 4.79 Å². The third-order valence-electron chi connectivity index (χ3n) is 4.35. The third kappa shape index (κ3) is 3.77. The Labute approximate surface area is 175 Å². The lowest BCUT2D eigenvalue weighted by Gasteiger charge is -2.14. The van der Waals surface area contributed by atoms with E-state index in [9.17, 15) is 14.4 Å². The predicted molar refractivity (Wildman–Crippen MR) is 113 cm³/mol. The maximum Gasteiger partial charge on any atom is 0.266 e. The van der Waals surface area contributed by atoms with Gasteiger partial charge in [0.05, 0.1) is 16.8 Å². The Morgan fingerprint density at radius 3 is 2.14 bits per heavy atom. The number of hydrogen-bond donors (Lipinski definition) is 1. The minimum Gasteiger partial charge on any atom is -0.457 e. The number of ether oxygens (including phenoxy) is 1. The second-order valence-electron chi connectivity index (χ2n) is 6.44. The lowest BCUT2D eigenvalue weighted by Crippen LogP contribution is -2.29. The third-order valence-corrected chi connectivity index (χ3v) is 4.88. The first kappa shape index (κ1) is 18.9. The Morgan fingerprint density at radius 1 is 0.862 bits per heavy atom. The topological polar surface area (TPSA) is 75.7 Å². The van der Waals surface area contributed by atoms with Crippen molar-refractivity contribution >= 4 is 45.0 Å². The van der Waals surface area contributed by atoms with Crippen molar-refractivity contribution in [1.82, 2.24) is 0 Å². The molecule has 0 aliphatic carbocycles. The molecule has 29 heavy (non-hydrogen) atoms. The fraction of sp³-hybridized carbons (Fsp3) is 0.0455. The number of carbonyl (C=O) groups excluding carboxylic acids is 3. The second kappa shape index (κ2) is 7.52. The monoisotopic (exact) mass is 450 g/mol. The Hall–Kier alpha value is -3.45. The van der Waals surface area contributed by atoms with Gasteiger partial charge >= 0.3 is 0 Å². The highest BCUT2D eigenvalue weighted by Crippen LogP contribution is 2.33. The molecule has 0 aromatic heterocycles. The molecular weight excluding hydrogens is 436 g/mol. The maximum absolute atomic E-state index is 12.9. The summed E-state index contributed by atoms with van der Waals surface area (Å²) in [5.41, 5.74) is 1.63. The second-order valence-corrected chi connectivity index (χ2v) is 7.35. The summed E-state index contributed by atoms with van der Waals surface area (Å²) in [6, 6.07) is 18.6. The van der Waals surface area contributed by atoms with Gasteiger partial charge < -0.3 is 10.1 Å². The molecule has 0 spiro atoms. The maximum atomic E-state index is 12.9. The van der Waals surface area contributed by atoms with Gasteiger partial charge in [-0.2, -0.15) is 0 Å². The molecule has 6 nitrogen and oxygen atoms in total. The van der Waals surface area contributed by atoms with E-state index in [0.717, 1.165) is 9.37 Å². The van der Waals surface area contributed by atoms with Gasteiger partial charge in [0.25, 0.3) is 11.8 Å². The van der Waals surface area contributed by atoms with E-state index in [-0.39, 0.29) is 11.5 Å². The smallest absolute Gasteiger partial charge is 0.266 e. The van der Waals surface area contributed by atoms with E-state index in [1.54, 1.807) is 54.6 Å². The number of imide groups is 1. The summed E-state index contributed by atoms with van der Waals surface area (Å²) in [7, 11) is 0. The van der Waals surface area contributed by atoms with Crippen LogP contribution in [0.5, 0.6) is 11.5 Å². The van der Waals surface area contributed by atoms with Crippen LogP contribution in [0.2, 0.25) is 0 Å². The van der Waals surface area contributed by atoms with Crippen molar-refractivity contribution in [3.8, 4) is 11.5 Å². The van der Waals surface area contributed by atoms with Crippen molar-refractivity contribution < 1.29 is 19.1 Å². The van der Waals surface area contributed by atoms with E-state index < -0.39 is 11.8 Å². The van der Waals surface area contributed by atoms with E-state index in [4.69, 9.17) is 4.74 Å². The van der Waals surface area contributed by atoms with Crippen LogP contribution >= 0.6 is 15.9 Å². The van der Waals surface area contributed by atoms with E-state index in [1.807, 2.05) is 12.1 Å². The van der Waals surface area contributed by atoms with E-state index >= 15 is 0 Å². The zero-order chi connectivity index (χ0) is 20.5. The lowest BCUT2D eigenvalue weighted by molar-refractivity contribution is -0.114. The van der Waals surface area contributed by atoms with Crippen molar-refractivity contribution in [3.05, 3.63) is 82.3 Å². The van der Waals surface area contributed by atoms with Gasteiger partial charge in [-0.1, -0.05) is 15.9 Å². The molecule has 0 unspecified atom stereocenters. The molecule has 1 heterocycles. The first-order valence-electron chi connectivity index (χ1n) is 8.76. The molecule has 1 N–H and O–H groups in total. The summed E-state index contributed by atoms with van der Waals surface area (Å²) in [5.74, 6) is 0.0770. The number of nitrogens with zero attached hydrogens (tertiary/aromatic N) is 1. The first-order chi connectivity index (χ1) is 13.9. The Balaban J connectivity index is 1.59. The number of rotatable bonds is 4. The summed E-state index contributed by atoms with van der Waals surface area (Å²) in [5, 5.41) is 2.65. The molecule has 0 saturated carbocycles. The molecule has 0 bridgehead atoms. The van der Waals surface area contributed by atoms with Crippen molar-refractivity contribution in [2.45, 2.75) is 6.92 Å². The van der Waals surface area contributed by atoms with Gasteiger partial charge in [0.15, 0.2) is 0 Å². The van der Waals surface area contributed by atoms with Crippen molar-refractivity contribution in [3.63, 3.8) is 0 Å². The van der Waals surface area contributed by atoms with E-state index in [1.165, 1.54) is 6.92 Å². The summed E-state index contributed by atoms with van der Waals surface area (Å²) in [6.07, 6.45) is 0. The van der Waals surface area contributed by atoms with E-state index in [0.29, 0.717) is 28.4 Å². The fourth-order valence-electron chi connectivity index (χ4n) is 3.05. The molecule has 7 heteroatoms. The Morgan fingerprint density at radius 2 is 1.48 bits per heavy atom. The number of nitrogens with one attached hydrogen (secondary N) is 1. The fourth-order valence-corrected chi connectivity index (χ4v) is 3.32. The highest BCUT2D eigenvalue weighted by atomic mass is 79.9. The Kier molecular flexibility index (Phi) is 4.90. The quantitative estimate of drug-likeness (QED) is 0.567. The highest BCUT2D eigenvalue weighted by Gasteiger charge is 2.37. The SMILES string of the molecule is CC(=O)Nc1ccc(N2C(=O)c3ccc(Oc4ccc(Br)cc4)cc3C2=O)cc1. The van der Waals surface area contributed by atoms with Gasteiger partial charge in [-0.25, -0.2) is 4.90 Å². The molecule has 3 amide bonds. The first-order valence-corrected chi connectivity index (χ1v) is 9.55. The number of halogens is 1. The number of carbonyl (C=O) groups is 3. The van der Waals surface area contributed by atoms with Gasteiger partial charge in [0.2, 0.25) is 5.91 Å². The summed E-state index contributed by atoms with van der Waals surface area (Å²) >= 11 is 3.37. The van der Waals surface area contributed by atoms with Gasteiger partial charge in [0.1, 0.15) is 11.5 Å². The van der Waals surface area contributed by atoms with Crippen LogP contribution in [0.15, 0.2) is 71.2 Å². The van der Waals surface area contributed by atoms with Crippen LogP contribution in [0.25, 0.3) is 0 Å². The van der Waals surface area contributed by atoms with Gasteiger partial charge in [-0.3, -0.25) is 14.4 Å². The number of benzene rings is 3. The molecule has 4 rings (SSSR count). The van der Waals surface area contributed by atoms with Crippen molar-refractivity contribution in [2.75, 3.05) is 10.2 Å². The van der Waals surface area contributed by atoms with Crippen LogP contribution in [0.1, 0.15) is 27.6 Å². The van der Waals surface area contributed by atoms with Gasteiger partial charge in [0, 0.05) is 17.1 Å². The molecule has 1 aliphatic heterocycles. The number of amides is 3. The number of hydrogen-bond acceptors (Lipinski definition) is 4. The molecule has 0 radical (unpaired) electrons. The molecule has 144 valence electrons. The predicted octanol–water partition coefficient (Wildman–Crippen LogP) is 5.00. The average molecular weight is 451 g/mol. The normalized spacial score (nSPS) is 12.7. The van der Waals surface area contributed by atoms with Crippen LogP contribution in [0.4, 0.5) is 11.4 Å². The summed E-state index contributed by atoms with van der Waals surface area (Å²) in [6.45, 7) is 1.41. The standard InChI is InChI=1S/C22H15BrN2O4/c1-13(26)24-15-4-6-16(7-5-15)25-21(27)19-11-10-18(12-20(19)22(25)28)29-17-8-2-14(23)3-9-17/h2-12H,1H3,(H,24,26). The minimum absolute atomic E-state index is 0.197. The number of fused-ring (bicyclic) bond motifs is 1. The highest BCUT2D eigenvalue weighted by molar-refractivity contribution is 9.10. The molecule has 1 aliphatic rings. The number of anilines is 2. The molecular formula is C22H15BrN2O4. The van der Waals surface area contributed by atoms with Crippen LogP contribution < -0.4 is 15.0 Å². The van der Waals surface area contributed by atoms with Crippen LogP contribution in [0.3, 0.4) is 0 Å². The molecule has 3 aromatic carbocycles. The summed E-state index contributed by atoms with van der Waals surface area (Å²) in [4.78, 5) is 37.9. The zero-order valence-corrected chi connectivity index (χ0v) is 16.9. The van der Waals surface area contributed by atoms with Crippen molar-refractivity contribution in [1.29, 1.82) is 0 Å².